The fourth-order valence-corrected chi connectivity index (χ4v) is 3.03. The zero-order chi connectivity index (χ0) is 12.8. The van der Waals surface area contributed by atoms with E-state index < -0.39 is 0 Å². The summed E-state index contributed by atoms with van der Waals surface area (Å²) >= 11 is 5.02. The molecule has 0 aliphatic heterocycles. The Morgan fingerprint density at radius 1 is 1.41 bits per heavy atom. The molecule has 0 N–H and O–H groups in total. The second kappa shape index (κ2) is 7.17. The van der Waals surface area contributed by atoms with Gasteiger partial charge in [-0.1, -0.05) is 29.3 Å². The summed E-state index contributed by atoms with van der Waals surface area (Å²) in [5, 5.41) is 0.839. The molecule has 1 amide bonds. The van der Waals surface area contributed by atoms with Crippen LogP contribution in [-0.2, 0) is 0 Å². The lowest BCUT2D eigenvalue weighted by Gasteiger charge is -2.20. The van der Waals surface area contributed by atoms with Crippen LogP contribution in [0.3, 0.4) is 0 Å². The van der Waals surface area contributed by atoms with Crippen molar-refractivity contribution in [1.82, 2.24) is 4.90 Å². The molecule has 0 aliphatic rings. The fourth-order valence-electron chi connectivity index (χ4n) is 1.60. The van der Waals surface area contributed by atoms with Gasteiger partial charge >= 0.3 is 0 Å². The zero-order valence-electron chi connectivity index (χ0n) is 10.8. The molecular weight excluding hydrogens is 298 g/mol. The van der Waals surface area contributed by atoms with Crippen molar-refractivity contribution in [1.29, 1.82) is 0 Å². The Kier molecular flexibility index (Phi) is 6.20. The average molecular weight is 318 g/mol. The van der Waals surface area contributed by atoms with Crippen LogP contribution in [0.15, 0.2) is 6.07 Å². The third-order valence-electron chi connectivity index (χ3n) is 2.80. The van der Waals surface area contributed by atoms with Gasteiger partial charge in [-0.2, -0.15) is 0 Å². The second-order valence-corrected chi connectivity index (χ2v) is 6.23. The van der Waals surface area contributed by atoms with Crippen LogP contribution in [0, 0.1) is 13.8 Å². The lowest BCUT2D eigenvalue weighted by atomic mass is 10.2. The van der Waals surface area contributed by atoms with E-state index in [1.165, 1.54) is 10.4 Å². The Labute approximate surface area is 116 Å². The molecule has 0 aromatic carbocycles. The molecule has 96 valence electrons. The quantitative estimate of drug-likeness (QED) is 0.726. The molecule has 0 unspecified atom stereocenters. The number of carbonyl (C=O) groups is 1. The number of hydrogen-bond acceptors (Lipinski definition) is 2. The van der Waals surface area contributed by atoms with Crippen molar-refractivity contribution in [2.24, 2.45) is 0 Å². The molecule has 0 saturated carbocycles. The molecule has 1 heterocycles. The van der Waals surface area contributed by atoms with E-state index in [0.29, 0.717) is 0 Å². The van der Waals surface area contributed by atoms with Crippen molar-refractivity contribution in [2.75, 3.05) is 18.4 Å². The smallest absolute Gasteiger partial charge is 0.263 e. The van der Waals surface area contributed by atoms with Crippen LogP contribution in [0.1, 0.15) is 39.9 Å². The zero-order valence-corrected chi connectivity index (χ0v) is 13.2. The van der Waals surface area contributed by atoms with Crippen LogP contribution in [0.5, 0.6) is 0 Å². The number of halogens is 1. The first-order valence-corrected chi connectivity index (χ1v) is 7.96. The van der Waals surface area contributed by atoms with E-state index in [2.05, 4.69) is 36.7 Å². The summed E-state index contributed by atoms with van der Waals surface area (Å²) in [5.41, 5.74) is 1.22. The van der Waals surface area contributed by atoms with Crippen molar-refractivity contribution in [2.45, 2.75) is 33.6 Å². The molecule has 1 rings (SSSR count). The van der Waals surface area contributed by atoms with E-state index in [0.717, 1.165) is 36.1 Å². The Hall–Kier alpha value is -0.350. The lowest BCUT2D eigenvalue weighted by Crippen LogP contribution is -2.33. The third-order valence-corrected chi connectivity index (χ3v) is 4.30. The number of aryl methyl sites for hydroxylation is 2. The van der Waals surface area contributed by atoms with Crippen LogP contribution in [-0.4, -0.2) is 29.2 Å². The van der Waals surface area contributed by atoms with Gasteiger partial charge in [0, 0.05) is 23.3 Å². The minimum Gasteiger partial charge on any atom is -0.337 e. The van der Waals surface area contributed by atoms with E-state index in [1.54, 1.807) is 11.3 Å². The SMILES string of the molecule is CCCCN(CCBr)C(=O)c1cc(C)c(C)s1. The highest BCUT2D eigenvalue weighted by Gasteiger charge is 2.17. The van der Waals surface area contributed by atoms with Gasteiger partial charge in [0.15, 0.2) is 0 Å². The fraction of sp³-hybridized carbons (Fsp3) is 0.615. The first kappa shape index (κ1) is 14.7. The second-order valence-electron chi connectivity index (χ2n) is 4.18. The normalized spacial score (nSPS) is 10.6. The van der Waals surface area contributed by atoms with E-state index in [9.17, 15) is 4.79 Å². The van der Waals surface area contributed by atoms with Gasteiger partial charge < -0.3 is 4.90 Å². The van der Waals surface area contributed by atoms with E-state index in [-0.39, 0.29) is 5.91 Å². The van der Waals surface area contributed by atoms with Crippen LogP contribution in [0.2, 0.25) is 0 Å². The summed E-state index contributed by atoms with van der Waals surface area (Å²) in [4.78, 5) is 16.4. The van der Waals surface area contributed by atoms with Gasteiger partial charge in [0.25, 0.3) is 5.91 Å². The number of carbonyl (C=O) groups excluding carboxylic acids is 1. The summed E-state index contributed by atoms with van der Waals surface area (Å²) in [6.45, 7) is 7.92. The summed E-state index contributed by atoms with van der Waals surface area (Å²) in [7, 11) is 0. The monoisotopic (exact) mass is 317 g/mol. The van der Waals surface area contributed by atoms with E-state index >= 15 is 0 Å². The predicted molar refractivity (Wildman–Crippen MR) is 78.4 cm³/mol. The molecule has 1 aromatic heterocycles. The number of hydrogen-bond donors (Lipinski definition) is 0. The van der Waals surface area contributed by atoms with Crippen molar-refractivity contribution in [3.63, 3.8) is 0 Å². The number of amides is 1. The summed E-state index contributed by atoms with van der Waals surface area (Å²) in [6, 6.07) is 2.01. The van der Waals surface area contributed by atoms with Crippen LogP contribution < -0.4 is 0 Å². The Bertz CT molecular complexity index is 356. The highest BCUT2D eigenvalue weighted by molar-refractivity contribution is 9.09. The lowest BCUT2D eigenvalue weighted by molar-refractivity contribution is 0.0769. The molecular formula is C13H20BrNOS. The standard InChI is InChI=1S/C13H20BrNOS/c1-4-5-7-15(8-6-14)13(16)12-9-10(2)11(3)17-12/h9H,4-8H2,1-3H3. The minimum atomic E-state index is 0.180. The Morgan fingerprint density at radius 3 is 2.59 bits per heavy atom. The van der Waals surface area contributed by atoms with Gasteiger partial charge in [-0.15, -0.1) is 11.3 Å². The molecule has 17 heavy (non-hydrogen) atoms. The molecule has 4 heteroatoms. The minimum absolute atomic E-state index is 0.180. The van der Waals surface area contributed by atoms with Gasteiger partial charge in [-0.3, -0.25) is 4.79 Å². The number of alkyl halides is 1. The first-order valence-electron chi connectivity index (χ1n) is 6.02. The van der Waals surface area contributed by atoms with Gasteiger partial charge in [-0.05, 0) is 31.9 Å². The molecule has 0 saturated heterocycles. The van der Waals surface area contributed by atoms with Gasteiger partial charge in [0.05, 0.1) is 4.88 Å². The predicted octanol–water partition coefficient (Wildman–Crippen LogP) is 4.00. The van der Waals surface area contributed by atoms with Crippen LogP contribution >= 0.6 is 27.3 Å². The highest BCUT2D eigenvalue weighted by Crippen LogP contribution is 2.22. The summed E-state index contributed by atoms with van der Waals surface area (Å²) < 4.78 is 0. The maximum atomic E-state index is 12.3. The third kappa shape index (κ3) is 4.11. The van der Waals surface area contributed by atoms with E-state index in [4.69, 9.17) is 0 Å². The maximum absolute atomic E-state index is 12.3. The largest absolute Gasteiger partial charge is 0.337 e. The maximum Gasteiger partial charge on any atom is 0.263 e. The number of thiophene rings is 1. The molecule has 0 aliphatic carbocycles. The van der Waals surface area contributed by atoms with Crippen LogP contribution in [0.4, 0.5) is 0 Å². The van der Waals surface area contributed by atoms with Crippen molar-refractivity contribution in [3.8, 4) is 0 Å². The number of nitrogens with zero attached hydrogens (tertiary/aromatic N) is 1. The number of unbranched alkanes of at least 4 members (excludes halogenated alkanes) is 1. The molecule has 0 spiro atoms. The van der Waals surface area contributed by atoms with Crippen molar-refractivity contribution >= 4 is 33.2 Å². The molecule has 0 fully saturated rings. The first-order chi connectivity index (χ1) is 8.10. The molecule has 0 radical (unpaired) electrons. The van der Waals surface area contributed by atoms with Gasteiger partial charge in [0.1, 0.15) is 0 Å². The molecule has 0 atom stereocenters. The molecule has 1 aromatic rings. The van der Waals surface area contributed by atoms with E-state index in [1.807, 2.05) is 11.0 Å². The molecule has 0 bridgehead atoms. The molecule has 2 nitrogen and oxygen atoms in total. The van der Waals surface area contributed by atoms with Gasteiger partial charge in [-0.25, -0.2) is 0 Å². The Balaban J connectivity index is 2.76. The van der Waals surface area contributed by atoms with Crippen LogP contribution in [0.25, 0.3) is 0 Å². The summed E-state index contributed by atoms with van der Waals surface area (Å²) in [5.74, 6) is 0.180. The average Bonchev–Trinajstić information content (AvgIpc) is 2.64. The van der Waals surface area contributed by atoms with Crippen molar-refractivity contribution < 1.29 is 4.79 Å². The topological polar surface area (TPSA) is 20.3 Å². The number of rotatable bonds is 6. The highest BCUT2D eigenvalue weighted by atomic mass is 79.9. The van der Waals surface area contributed by atoms with Gasteiger partial charge in [0.2, 0.25) is 0 Å². The van der Waals surface area contributed by atoms with Crippen molar-refractivity contribution in [3.05, 3.63) is 21.4 Å². The Morgan fingerprint density at radius 2 is 2.12 bits per heavy atom. The summed E-state index contributed by atoms with van der Waals surface area (Å²) in [6.07, 6.45) is 2.19.